The molecule has 86 valence electrons. The molecule has 1 aliphatic heterocycles. The predicted molar refractivity (Wildman–Crippen MR) is 60.2 cm³/mol. The normalized spacial score (nSPS) is 27.2. The molecule has 1 heterocycles. The molecule has 0 aromatic rings. The van der Waals surface area contributed by atoms with Crippen LogP contribution in [-0.2, 0) is 4.74 Å². The van der Waals surface area contributed by atoms with Crippen molar-refractivity contribution >= 4 is 12.3 Å². The van der Waals surface area contributed by atoms with Crippen LogP contribution in [0.1, 0.15) is 27.7 Å². The van der Waals surface area contributed by atoms with Crippen LogP contribution >= 0.6 is 0 Å². The summed E-state index contributed by atoms with van der Waals surface area (Å²) >= 11 is 0. The smallest absolute Gasteiger partial charge is 0.433 e. The molecule has 0 aliphatic carbocycles. The van der Waals surface area contributed by atoms with E-state index in [1.54, 1.807) is 6.21 Å². The van der Waals surface area contributed by atoms with Crippen molar-refractivity contribution in [3.8, 4) is 0 Å². The fraction of sp³-hybridized carbons (Fsp3) is 0.818. The van der Waals surface area contributed by atoms with Gasteiger partial charge in [0, 0.05) is 18.7 Å². The standard InChI is InChI=1S/C11H20N2O2/c1-8-5-12-6-9(8)7-13-10(14)15-11(2,3)4/h7-9,12H,5-6H2,1-4H3/t8-,9?/m1/s1. The molecule has 1 fully saturated rings. The summed E-state index contributed by atoms with van der Waals surface area (Å²) in [7, 11) is 0. The Balaban J connectivity index is 2.40. The van der Waals surface area contributed by atoms with Gasteiger partial charge in [0.2, 0.25) is 0 Å². The number of aliphatic imine (C=N–C) groups is 1. The number of ether oxygens (including phenoxy) is 1. The minimum Gasteiger partial charge on any atom is -0.442 e. The van der Waals surface area contributed by atoms with Gasteiger partial charge in [-0.3, -0.25) is 0 Å². The molecule has 0 aromatic heterocycles. The minimum absolute atomic E-state index is 0.345. The Hall–Kier alpha value is -0.900. The molecule has 1 saturated heterocycles. The molecule has 0 radical (unpaired) electrons. The summed E-state index contributed by atoms with van der Waals surface area (Å²) in [5.74, 6) is 0.883. The van der Waals surface area contributed by atoms with Crippen molar-refractivity contribution in [2.24, 2.45) is 16.8 Å². The second kappa shape index (κ2) is 4.75. The molecule has 0 saturated carbocycles. The summed E-state index contributed by atoms with van der Waals surface area (Å²) in [6, 6.07) is 0. The quantitative estimate of drug-likeness (QED) is 0.675. The van der Waals surface area contributed by atoms with E-state index in [4.69, 9.17) is 4.74 Å². The van der Waals surface area contributed by atoms with Crippen LogP contribution in [0.25, 0.3) is 0 Å². The minimum atomic E-state index is -0.499. The van der Waals surface area contributed by atoms with Gasteiger partial charge in [-0.2, -0.15) is 4.99 Å². The van der Waals surface area contributed by atoms with E-state index in [2.05, 4.69) is 17.2 Å². The van der Waals surface area contributed by atoms with E-state index in [0.717, 1.165) is 13.1 Å². The van der Waals surface area contributed by atoms with Crippen LogP contribution in [0, 0.1) is 11.8 Å². The van der Waals surface area contributed by atoms with E-state index in [9.17, 15) is 4.79 Å². The van der Waals surface area contributed by atoms with Crippen molar-refractivity contribution in [2.75, 3.05) is 13.1 Å². The lowest BCUT2D eigenvalue weighted by atomic mass is 10.00. The molecule has 1 unspecified atom stereocenters. The summed E-state index contributed by atoms with van der Waals surface area (Å²) in [6.07, 6.45) is 1.21. The average molecular weight is 212 g/mol. The van der Waals surface area contributed by atoms with Crippen LogP contribution in [-0.4, -0.2) is 31.0 Å². The third-order valence-electron chi connectivity index (χ3n) is 2.34. The highest BCUT2D eigenvalue weighted by Gasteiger charge is 2.22. The van der Waals surface area contributed by atoms with Crippen LogP contribution in [0.4, 0.5) is 4.79 Å². The SMILES string of the molecule is C[C@@H]1CNCC1C=NC(=O)OC(C)(C)C. The third-order valence-corrected chi connectivity index (χ3v) is 2.34. The van der Waals surface area contributed by atoms with Gasteiger partial charge in [0.15, 0.2) is 0 Å². The largest absolute Gasteiger partial charge is 0.442 e. The molecule has 4 heteroatoms. The topological polar surface area (TPSA) is 50.7 Å². The molecule has 1 N–H and O–H groups in total. The Kier molecular flexibility index (Phi) is 3.85. The summed E-state index contributed by atoms with van der Waals surface area (Å²) in [5.41, 5.74) is -0.464. The monoisotopic (exact) mass is 212 g/mol. The Bertz CT molecular complexity index is 256. The van der Waals surface area contributed by atoms with Crippen LogP contribution < -0.4 is 5.32 Å². The number of hydrogen-bond donors (Lipinski definition) is 1. The Morgan fingerprint density at radius 3 is 2.60 bits per heavy atom. The molecule has 1 aliphatic rings. The first kappa shape index (κ1) is 12.2. The zero-order chi connectivity index (χ0) is 11.5. The number of amides is 1. The van der Waals surface area contributed by atoms with E-state index in [1.165, 1.54) is 0 Å². The van der Waals surface area contributed by atoms with E-state index in [-0.39, 0.29) is 0 Å². The van der Waals surface area contributed by atoms with Gasteiger partial charge >= 0.3 is 6.09 Å². The highest BCUT2D eigenvalue weighted by atomic mass is 16.6. The second-order valence-electron chi connectivity index (χ2n) is 5.06. The fourth-order valence-corrected chi connectivity index (χ4v) is 1.47. The maximum Gasteiger partial charge on any atom is 0.433 e. The van der Waals surface area contributed by atoms with Gasteiger partial charge in [-0.05, 0) is 33.2 Å². The summed E-state index contributed by atoms with van der Waals surface area (Å²) in [4.78, 5) is 15.1. The highest BCUT2D eigenvalue weighted by Crippen LogP contribution is 2.14. The van der Waals surface area contributed by atoms with Crippen molar-refractivity contribution < 1.29 is 9.53 Å². The predicted octanol–water partition coefficient (Wildman–Crippen LogP) is 1.85. The molecule has 4 nitrogen and oxygen atoms in total. The Morgan fingerprint density at radius 1 is 1.47 bits per heavy atom. The van der Waals surface area contributed by atoms with Crippen LogP contribution in [0.3, 0.4) is 0 Å². The zero-order valence-corrected chi connectivity index (χ0v) is 9.91. The van der Waals surface area contributed by atoms with Crippen molar-refractivity contribution in [1.29, 1.82) is 0 Å². The van der Waals surface area contributed by atoms with Gasteiger partial charge in [0.05, 0.1) is 0 Å². The van der Waals surface area contributed by atoms with Gasteiger partial charge in [-0.15, -0.1) is 0 Å². The summed E-state index contributed by atoms with van der Waals surface area (Å²) in [5, 5.41) is 3.25. The van der Waals surface area contributed by atoms with Gasteiger partial charge in [0.1, 0.15) is 5.60 Å². The van der Waals surface area contributed by atoms with Gasteiger partial charge < -0.3 is 10.1 Å². The lowest BCUT2D eigenvalue weighted by molar-refractivity contribution is 0.0604. The molecule has 15 heavy (non-hydrogen) atoms. The number of nitrogens with one attached hydrogen (secondary N) is 1. The molecule has 0 spiro atoms. The second-order valence-corrected chi connectivity index (χ2v) is 5.06. The summed E-state index contributed by atoms with van der Waals surface area (Å²) in [6.45, 7) is 9.53. The molecule has 1 amide bonds. The first-order valence-corrected chi connectivity index (χ1v) is 5.36. The first-order chi connectivity index (χ1) is 6.88. The molecular formula is C11H20N2O2. The van der Waals surface area contributed by atoms with Crippen LogP contribution in [0.2, 0.25) is 0 Å². The van der Waals surface area contributed by atoms with Gasteiger partial charge in [-0.1, -0.05) is 6.92 Å². The van der Waals surface area contributed by atoms with Gasteiger partial charge in [-0.25, -0.2) is 4.79 Å². The van der Waals surface area contributed by atoms with E-state index < -0.39 is 11.7 Å². The van der Waals surface area contributed by atoms with Crippen molar-refractivity contribution in [2.45, 2.75) is 33.3 Å². The fourth-order valence-electron chi connectivity index (χ4n) is 1.47. The molecule has 1 rings (SSSR count). The molecule has 2 atom stereocenters. The van der Waals surface area contributed by atoms with Crippen molar-refractivity contribution in [1.82, 2.24) is 5.32 Å². The summed E-state index contributed by atoms with van der Waals surface area (Å²) < 4.78 is 5.08. The third kappa shape index (κ3) is 4.42. The van der Waals surface area contributed by atoms with Crippen molar-refractivity contribution in [3.63, 3.8) is 0 Å². The highest BCUT2D eigenvalue weighted by molar-refractivity contribution is 5.80. The lowest BCUT2D eigenvalue weighted by Gasteiger charge is -2.17. The average Bonchev–Trinajstić information content (AvgIpc) is 2.44. The van der Waals surface area contributed by atoms with Crippen LogP contribution in [0.15, 0.2) is 4.99 Å². The number of hydrogen-bond acceptors (Lipinski definition) is 3. The van der Waals surface area contributed by atoms with E-state index in [1.807, 2.05) is 20.8 Å². The Labute approximate surface area is 91.1 Å². The molecule has 0 bridgehead atoms. The molecule has 0 aromatic carbocycles. The van der Waals surface area contributed by atoms with Crippen molar-refractivity contribution in [3.05, 3.63) is 0 Å². The van der Waals surface area contributed by atoms with E-state index in [0.29, 0.717) is 11.8 Å². The van der Waals surface area contributed by atoms with Crippen LogP contribution in [0.5, 0.6) is 0 Å². The molecular weight excluding hydrogens is 192 g/mol. The maximum atomic E-state index is 11.3. The maximum absolute atomic E-state index is 11.3. The lowest BCUT2D eigenvalue weighted by Crippen LogP contribution is -2.22. The number of nitrogens with zero attached hydrogens (tertiary/aromatic N) is 1. The van der Waals surface area contributed by atoms with E-state index >= 15 is 0 Å². The van der Waals surface area contributed by atoms with Gasteiger partial charge in [0.25, 0.3) is 0 Å². The first-order valence-electron chi connectivity index (χ1n) is 5.36. The number of carbonyl (C=O) groups excluding carboxylic acids is 1. The zero-order valence-electron chi connectivity index (χ0n) is 9.91. The number of carbonyl (C=O) groups is 1. The number of rotatable bonds is 1. The Morgan fingerprint density at radius 2 is 2.13 bits per heavy atom.